The van der Waals surface area contributed by atoms with E-state index in [-0.39, 0.29) is 11.8 Å². The van der Waals surface area contributed by atoms with Gasteiger partial charge in [0.05, 0.1) is 0 Å². The minimum absolute atomic E-state index is 0.0665. The van der Waals surface area contributed by atoms with Gasteiger partial charge in [0, 0.05) is 39.5 Å². The molecule has 6 nitrogen and oxygen atoms in total. The summed E-state index contributed by atoms with van der Waals surface area (Å²) >= 11 is 0. The molecule has 1 aliphatic rings. The molecule has 0 saturated carbocycles. The van der Waals surface area contributed by atoms with Crippen LogP contribution in [0.5, 0.6) is 0 Å². The minimum Gasteiger partial charge on any atom is -0.356 e. The number of piperidine rings is 1. The Morgan fingerprint density at radius 3 is 2.42 bits per heavy atom. The van der Waals surface area contributed by atoms with Crippen LogP contribution in [0.4, 0.5) is 0 Å². The summed E-state index contributed by atoms with van der Waals surface area (Å²) in [6.07, 6.45) is 1.64. The molecule has 0 aromatic heterocycles. The van der Waals surface area contributed by atoms with Crippen LogP contribution in [0.2, 0.25) is 0 Å². The molecule has 1 saturated heterocycles. The van der Waals surface area contributed by atoms with Gasteiger partial charge in [-0.3, -0.25) is 19.5 Å². The fourth-order valence-electron chi connectivity index (χ4n) is 1.86. The summed E-state index contributed by atoms with van der Waals surface area (Å²) in [4.78, 5) is 28.6. The van der Waals surface area contributed by atoms with Gasteiger partial charge in [-0.2, -0.15) is 0 Å². The van der Waals surface area contributed by atoms with Gasteiger partial charge in [-0.05, 0) is 12.3 Å². The third-order valence-corrected chi connectivity index (χ3v) is 2.91. The minimum atomic E-state index is -0.0665. The fraction of sp³-hybridized carbons (Fsp3) is 0.769. The van der Waals surface area contributed by atoms with Crippen molar-refractivity contribution in [2.75, 3.05) is 26.7 Å². The van der Waals surface area contributed by atoms with E-state index >= 15 is 0 Å². The van der Waals surface area contributed by atoms with Crippen LogP contribution in [0, 0.1) is 5.92 Å². The first-order valence-electron chi connectivity index (χ1n) is 6.82. The van der Waals surface area contributed by atoms with Crippen LogP contribution in [0.1, 0.15) is 33.1 Å². The summed E-state index contributed by atoms with van der Waals surface area (Å²) < 4.78 is 0. The molecule has 0 atom stereocenters. The highest BCUT2D eigenvalue weighted by Gasteiger charge is 2.25. The molecule has 1 rings (SSSR count). The molecule has 0 aromatic rings. The van der Waals surface area contributed by atoms with Crippen LogP contribution in [0.25, 0.3) is 0 Å². The van der Waals surface area contributed by atoms with E-state index in [4.69, 9.17) is 0 Å². The van der Waals surface area contributed by atoms with Gasteiger partial charge in [-0.1, -0.05) is 13.8 Å². The molecule has 1 fully saturated rings. The Hall–Kier alpha value is -1.59. The van der Waals surface area contributed by atoms with Crippen molar-refractivity contribution in [3.63, 3.8) is 0 Å². The summed E-state index contributed by atoms with van der Waals surface area (Å²) in [5.41, 5.74) is 0. The van der Waals surface area contributed by atoms with Crippen molar-refractivity contribution in [3.8, 4) is 0 Å². The molecule has 108 valence electrons. The van der Waals surface area contributed by atoms with E-state index in [1.165, 1.54) is 4.90 Å². The number of hydrogen-bond acceptors (Lipinski definition) is 3. The Morgan fingerprint density at radius 1 is 1.26 bits per heavy atom. The van der Waals surface area contributed by atoms with Gasteiger partial charge in [-0.15, -0.1) is 0 Å². The monoisotopic (exact) mass is 268 g/mol. The normalized spacial score (nSPS) is 17.1. The van der Waals surface area contributed by atoms with Crippen molar-refractivity contribution in [3.05, 3.63) is 0 Å². The van der Waals surface area contributed by atoms with Crippen molar-refractivity contribution in [1.82, 2.24) is 15.5 Å². The fourth-order valence-corrected chi connectivity index (χ4v) is 1.86. The predicted molar refractivity (Wildman–Crippen MR) is 74.8 cm³/mol. The molecule has 1 aliphatic heterocycles. The van der Waals surface area contributed by atoms with Gasteiger partial charge >= 0.3 is 0 Å². The number of hydrogen-bond donors (Lipinski definition) is 2. The highest BCUT2D eigenvalue weighted by atomic mass is 16.2. The number of carbonyl (C=O) groups excluding carboxylic acids is 2. The number of imide groups is 1. The molecular formula is C13H24N4O2. The van der Waals surface area contributed by atoms with Crippen molar-refractivity contribution >= 4 is 17.8 Å². The highest BCUT2D eigenvalue weighted by Crippen LogP contribution is 2.11. The lowest BCUT2D eigenvalue weighted by atomic mass is 10.1. The number of nitrogens with zero attached hydrogens (tertiary/aromatic N) is 2. The van der Waals surface area contributed by atoms with Crippen LogP contribution < -0.4 is 10.6 Å². The maximum atomic E-state index is 11.6. The molecule has 0 spiro atoms. The van der Waals surface area contributed by atoms with Crippen LogP contribution in [0.3, 0.4) is 0 Å². The van der Waals surface area contributed by atoms with Gasteiger partial charge < -0.3 is 10.6 Å². The average Bonchev–Trinajstić information content (AvgIpc) is 2.36. The molecule has 2 amide bonds. The SMILES string of the molecule is CN=C(NCCN1C(=O)CCCC1=O)NCC(C)C. The zero-order valence-electron chi connectivity index (χ0n) is 12.0. The first kappa shape index (κ1) is 15.5. The lowest BCUT2D eigenvalue weighted by Crippen LogP contribution is -2.46. The number of nitrogens with one attached hydrogen (secondary N) is 2. The van der Waals surface area contributed by atoms with Crippen LogP contribution in [-0.4, -0.2) is 49.4 Å². The Kier molecular flexibility index (Phi) is 6.32. The van der Waals surface area contributed by atoms with E-state index in [2.05, 4.69) is 29.5 Å². The summed E-state index contributed by atoms with van der Waals surface area (Å²) in [7, 11) is 1.70. The lowest BCUT2D eigenvalue weighted by molar-refractivity contribution is -0.147. The first-order chi connectivity index (χ1) is 9.04. The number of amides is 2. The van der Waals surface area contributed by atoms with Crippen LogP contribution in [0.15, 0.2) is 4.99 Å². The third kappa shape index (κ3) is 5.28. The van der Waals surface area contributed by atoms with Crippen molar-refractivity contribution in [2.45, 2.75) is 33.1 Å². The van der Waals surface area contributed by atoms with Gasteiger partial charge in [0.2, 0.25) is 11.8 Å². The Labute approximate surface area is 114 Å². The van der Waals surface area contributed by atoms with Gasteiger partial charge in [-0.25, -0.2) is 0 Å². The molecule has 0 aromatic carbocycles. The molecular weight excluding hydrogens is 244 g/mol. The van der Waals surface area contributed by atoms with Gasteiger partial charge in [0.15, 0.2) is 5.96 Å². The molecule has 1 heterocycles. The van der Waals surface area contributed by atoms with Crippen molar-refractivity contribution in [1.29, 1.82) is 0 Å². The summed E-state index contributed by atoms with van der Waals surface area (Å²) in [5.74, 6) is 1.10. The summed E-state index contributed by atoms with van der Waals surface area (Å²) in [5, 5.41) is 6.29. The number of aliphatic imine (C=N–C) groups is 1. The van der Waals surface area contributed by atoms with E-state index in [9.17, 15) is 9.59 Å². The first-order valence-corrected chi connectivity index (χ1v) is 6.82. The lowest BCUT2D eigenvalue weighted by Gasteiger charge is -2.25. The van der Waals surface area contributed by atoms with Gasteiger partial charge in [0.1, 0.15) is 0 Å². The molecule has 0 unspecified atom stereocenters. The van der Waals surface area contributed by atoms with E-state index < -0.39 is 0 Å². The molecule has 0 bridgehead atoms. The van der Waals surface area contributed by atoms with E-state index in [0.29, 0.717) is 44.2 Å². The quantitative estimate of drug-likeness (QED) is 0.428. The molecule has 0 aliphatic carbocycles. The smallest absolute Gasteiger partial charge is 0.229 e. The van der Waals surface area contributed by atoms with E-state index in [1.807, 2.05) is 0 Å². The Morgan fingerprint density at radius 2 is 1.89 bits per heavy atom. The Balaban J connectivity index is 2.31. The third-order valence-electron chi connectivity index (χ3n) is 2.91. The van der Waals surface area contributed by atoms with Crippen LogP contribution in [-0.2, 0) is 9.59 Å². The zero-order chi connectivity index (χ0) is 14.3. The largest absolute Gasteiger partial charge is 0.356 e. The number of rotatable bonds is 5. The topological polar surface area (TPSA) is 73.8 Å². The van der Waals surface area contributed by atoms with Crippen molar-refractivity contribution in [2.24, 2.45) is 10.9 Å². The predicted octanol–water partition coefficient (Wildman–Crippen LogP) is 0.346. The average molecular weight is 268 g/mol. The second kappa shape index (κ2) is 7.76. The molecule has 19 heavy (non-hydrogen) atoms. The van der Waals surface area contributed by atoms with Gasteiger partial charge in [0.25, 0.3) is 0 Å². The second-order valence-corrected chi connectivity index (χ2v) is 5.07. The van der Waals surface area contributed by atoms with E-state index in [1.54, 1.807) is 7.05 Å². The number of guanidine groups is 1. The maximum Gasteiger partial charge on any atom is 0.229 e. The van der Waals surface area contributed by atoms with Crippen LogP contribution >= 0.6 is 0 Å². The molecule has 6 heteroatoms. The van der Waals surface area contributed by atoms with E-state index in [0.717, 1.165) is 6.54 Å². The summed E-state index contributed by atoms with van der Waals surface area (Å²) in [6, 6.07) is 0. The molecule has 0 radical (unpaired) electrons. The number of likely N-dealkylation sites (tertiary alicyclic amines) is 1. The maximum absolute atomic E-state index is 11.6. The standard InChI is InChI=1S/C13H24N4O2/c1-10(2)9-16-13(14-3)15-7-8-17-11(18)5-4-6-12(17)19/h10H,4-9H2,1-3H3,(H2,14,15,16). The number of carbonyl (C=O) groups is 2. The highest BCUT2D eigenvalue weighted by molar-refractivity contribution is 5.97. The second-order valence-electron chi connectivity index (χ2n) is 5.07. The zero-order valence-corrected chi connectivity index (χ0v) is 12.0. The van der Waals surface area contributed by atoms with Crippen molar-refractivity contribution < 1.29 is 9.59 Å². The summed E-state index contributed by atoms with van der Waals surface area (Å²) in [6.45, 7) is 5.99. The molecule has 2 N–H and O–H groups in total. The Bertz CT molecular complexity index is 337.